The van der Waals surface area contributed by atoms with Crippen molar-refractivity contribution in [2.24, 2.45) is 0 Å². The average molecular weight is 457 g/mol. The summed E-state index contributed by atoms with van der Waals surface area (Å²) in [5.74, 6) is 1.93. The van der Waals surface area contributed by atoms with Gasteiger partial charge in [-0.1, -0.05) is 18.2 Å². The number of morpholine rings is 1. The molecule has 8 nitrogen and oxygen atoms in total. The minimum Gasteiger partial charge on any atom is -0.496 e. The summed E-state index contributed by atoms with van der Waals surface area (Å²) >= 11 is 0. The lowest BCUT2D eigenvalue weighted by Gasteiger charge is -2.29. The van der Waals surface area contributed by atoms with Gasteiger partial charge in [0.25, 0.3) is 0 Å². The number of aliphatic hydroxyl groups excluding tert-OH is 1. The lowest BCUT2D eigenvalue weighted by Crippen LogP contribution is -2.37. The molecule has 0 unspecified atom stereocenters. The van der Waals surface area contributed by atoms with E-state index in [1.807, 2.05) is 42.5 Å². The van der Waals surface area contributed by atoms with Gasteiger partial charge >= 0.3 is 0 Å². The number of anilines is 1. The number of methoxy groups -OCH3 is 1. The number of aldehydes is 1. The molecule has 2 aromatic heterocycles. The molecular formula is C26H24N4O4. The summed E-state index contributed by atoms with van der Waals surface area (Å²) in [7, 11) is 1.58. The van der Waals surface area contributed by atoms with Crippen molar-refractivity contribution in [2.45, 2.75) is 6.61 Å². The maximum atomic E-state index is 11.3. The minimum atomic E-state index is -0.134. The van der Waals surface area contributed by atoms with E-state index < -0.39 is 0 Å². The highest BCUT2D eigenvalue weighted by Gasteiger charge is 2.19. The smallest absolute Gasteiger partial charge is 0.165 e. The summed E-state index contributed by atoms with van der Waals surface area (Å²) in [5, 5.41) is 10.6. The predicted octanol–water partition coefficient (Wildman–Crippen LogP) is 3.51. The lowest BCUT2D eigenvalue weighted by atomic mass is 10.1. The highest BCUT2D eigenvalue weighted by Crippen LogP contribution is 2.31. The number of aliphatic hydroxyl groups is 1. The van der Waals surface area contributed by atoms with Crippen molar-refractivity contribution in [1.82, 2.24) is 15.0 Å². The summed E-state index contributed by atoms with van der Waals surface area (Å²) in [6.45, 7) is 2.57. The fourth-order valence-electron chi connectivity index (χ4n) is 4.11. The van der Waals surface area contributed by atoms with E-state index in [4.69, 9.17) is 24.4 Å². The molecule has 1 N–H and O–H groups in total. The molecular weight excluding hydrogens is 432 g/mol. The number of carbonyl (C=O) groups is 1. The van der Waals surface area contributed by atoms with Crippen molar-refractivity contribution in [3.8, 4) is 28.4 Å². The zero-order valence-corrected chi connectivity index (χ0v) is 18.8. The number of ether oxygens (including phenoxy) is 2. The third-order valence-electron chi connectivity index (χ3n) is 5.88. The van der Waals surface area contributed by atoms with Gasteiger partial charge in [0.15, 0.2) is 11.5 Å². The van der Waals surface area contributed by atoms with Gasteiger partial charge in [-0.05, 0) is 36.4 Å². The highest BCUT2D eigenvalue weighted by molar-refractivity contribution is 5.90. The van der Waals surface area contributed by atoms with Crippen LogP contribution in [0.2, 0.25) is 0 Å². The number of rotatable bonds is 6. The molecule has 2 aromatic carbocycles. The van der Waals surface area contributed by atoms with Crippen molar-refractivity contribution in [3.63, 3.8) is 0 Å². The molecule has 1 saturated heterocycles. The van der Waals surface area contributed by atoms with Crippen LogP contribution in [-0.2, 0) is 11.3 Å². The highest BCUT2D eigenvalue weighted by atomic mass is 16.5. The maximum absolute atomic E-state index is 11.3. The van der Waals surface area contributed by atoms with Crippen LogP contribution in [0.25, 0.3) is 33.7 Å². The molecule has 1 aliphatic rings. The Hall–Kier alpha value is -3.88. The van der Waals surface area contributed by atoms with E-state index in [1.54, 1.807) is 19.2 Å². The largest absolute Gasteiger partial charge is 0.496 e. The van der Waals surface area contributed by atoms with Crippen LogP contribution in [0.5, 0.6) is 5.75 Å². The normalized spacial score (nSPS) is 13.8. The zero-order chi connectivity index (χ0) is 23.5. The van der Waals surface area contributed by atoms with Gasteiger partial charge < -0.3 is 19.5 Å². The Morgan fingerprint density at radius 3 is 2.65 bits per heavy atom. The first-order valence-electron chi connectivity index (χ1n) is 11.1. The van der Waals surface area contributed by atoms with E-state index in [1.165, 1.54) is 0 Å². The SMILES string of the molecule is COc1ccc(-c2ccc3c(N4CCOCC4)nc(-c4cccc(C=O)c4)nc3n2)cc1CO. The van der Waals surface area contributed by atoms with Crippen molar-refractivity contribution in [1.29, 1.82) is 0 Å². The predicted molar refractivity (Wildman–Crippen MR) is 129 cm³/mol. The number of carbonyl (C=O) groups excluding carboxylic acids is 1. The second-order valence-corrected chi connectivity index (χ2v) is 7.97. The van der Waals surface area contributed by atoms with Crippen LogP contribution in [0.4, 0.5) is 5.82 Å². The van der Waals surface area contributed by atoms with Gasteiger partial charge in [-0.25, -0.2) is 15.0 Å². The molecule has 34 heavy (non-hydrogen) atoms. The second-order valence-electron chi connectivity index (χ2n) is 7.97. The molecule has 8 heteroatoms. The molecule has 0 bridgehead atoms. The third-order valence-corrected chi connectivity index (χ3v) is 5.88. The zero-order valence-electron chi connectivity index (χ0n) is 18.8. The Morgan fingerprint density at radius 1 is 1.03 bits per heavy atom. The maximum Gasteiger partial charge on any atom is 0.165 e. The van der Waals surface area contributed by atoms with Crippen LogP contribution in [-0.4, -0.2) is 59.8 Å². The molecule has 3 heterocycles. The van der Waals surface area contributed by atoms with Gasteiger partial charge in [0, 0.05) is 35.3 Å². The molecule has 0 atom stereocenters. The summed E-state index contributed by atoms with van der Waals surface area (Å²) in [4.78, 5) is 28.0. The number of benzene rings is 2. The van der Waals surface area contributed by atoms with Crippen LogP contribution in [0.3, 0.4) is 0 Å². The van der Waals surface area contributed by atoms with Crippen molar-refractivity contribution in [2.75, 3.05) is 38.3 Å². The van der Waals surface area contributed by atoms with Gasteiger partial charge in [0.1, 0.15) is 17.9 Å². The van der Waals surface area contributed by atoms with E-state index >= 15 is 0 Å². The minimum absolute atomic E-state index is 0.134. The van der Waals surface area contributed by atoms with Crippen LogP contribution >= 0.6 is 0 Å². The molecule has 0 saturated carbocycles. The van der Waals surface area contributed by atoms with Crippen molar-refractivity contribution >= 4 is 23.1 Å². The Kier molecular flexibility index (Phi) is 6.16. The number of aromatic nitrogens is 3. The Morgan fingerprint density at radius 2 is 1.88 bits per heavy atom. The standard InChI is InChI=1S/C26H24N4O4/c1-33-23-8-5-18(14-20(23)16-32)22-7-6-21-25(27-22)28-24(19-4-2-3-17(13-19)15-31)29-26(21)30-9-11-34-12-10-30/h2-8,13-15,32H,9-12,16H2,1H3. The van der Waals surface area contributed by atoms with Crippen LogP contribution < -0.4 is 9.64 Å². The molecule has 0 radical (unpaired) electrons. The van der Waals surface area contributed by atoms with Gasteiger partial charge in [-0.15, -0.1) is 0 Å². The summed E-state index contributed by atoms with van der Waals surface area (Å²) in [6, 6.07) is 16.7. The van der Waals surface area contributed by atoms with Crippen molar-refractivity contribution < 1.29 is 19.4 Å². The number of nitrogens with zero attached hydrogens (tertiary/aromatic N) is 4. The lowest BCUT2D eigenvalue weighted by molar-refractivity contribution is 0.112. The number of fused-ring (bicyclic) bond motifs is 1. The van der Waals surface area contributed by atoms with E-state index in [9.17, 15) is 9.90 Å². The second kappa shape index (κ2) is 9.54. The van der Waals surface area contributed by atoms with E-state index in [-0.39, 0.29) is 6.61 Å². The van der Waals surface area contributed by atoms with Gasteiger partial charge in [-0.3, -0.25) is 4.79 Å². The molecule has 4 aromatic rings. The van der Waals surface area contributed by atoms with Gasteiger partial charge in [0.05, 0.1) is 38.0 Å². The van der Waals surface area contributed by atoms with E-state index in [2.05, 4.69) is 4.90 Å². The molecule has 172 valence electrons. The summed E-state index contributed by atoms with van der Waals surface area (Å²) in [5.41, 5.74) is 4.13. The fraction of sp³-hybridized carbons (Fsp3) is 0.231. The Labute approximate surface area is 196 Å². The number of hydrogen-bond donors (Lipinski definition) is 1. The van der Waals surface area contributed by atoms with Crippen LogP contribution in [0.1, 0.15) is 15.9 Å². The van der Waals surface area contributed by atoms with E-state index in [0.717, 1.165) is 47.4 Å². The number of pyridine rings is 1. The van der Waals surface area contributed by atoms with Crippen LogP contribution in [0.15, 0.2) is 54.6 Å². The Bertz CT molecular complexity index is 1350. The molecule has 0 amide bonds. The van der Waals surface area contributed by atoms with Crippen LogP contribution in [0, 0.1) is 0 Å². The summed E-state index contributed by atoms with van der Waals surface area (Å²) in [6.07, 6.45) is 0.812. The monoisotopic (exact) mass is 456 g/mol. The van der Waals surface area contributed by atoms with E-state index in [0.29, 0.717) is 41.6 Å². The molecule has 0 spiro atoms. The molecule has 0 aliphatic carbocycles. The van der Waals surface area contributed by atoms with Crippen molar-refractivity contribution in [3.05, 3.63) is 65.7 Å². The number of hydrogen-bond acceptors (Lipinski definition) is 8. The van der Waals surface area contributed by atoms with Gasteiger partial charge in [0.2, 0.25) is 0 Å². The summed E-state index contributed by atoms with van der Waals surface area (Å²) < 4.78 is 10.8. The molecule has 1 aliphatic heterocycles. The first-order chi connectivity index (χ1) is 16.7. The molecule has 5 rings (SSSR count). The topological polar surface area (TPSA) is 97.7 Å². The first kappa shape index (κ1) is 21.9. The Balaban J connectivity index is 1.67. The first-order valence-corrected chi connectivity index (χ1v) is 11.1. The third kappa shape index (κ3) is 4.21. The average Bonchev–Trinajstić information content (AvgIpc) is 2.92. The fourth-order valence-corrected chi connectivity index (χ4v) is 4.11. The van der Waals surface area contributed by atoms with Gasteiger partial charge in [-0.2, -0.15) is 0 Å². The molecule has 1 fully saturated rings. The quantitative estimate of drug-likeness (QED) is 0.440.